The van der Waals surface area contributed by atoms with Gasteiger partial charge in [-0.15, -0.1) is 0 Å². The van der Waals surface area contributed by atoms with Gasteiger partial charge in [-0.05, 0) is 0 Å². The molecule has 1 heterocycles. The van der Waals surface area contributed by atoms with Crippen LogP contribution in [0.4, 0.5) is 0 Å². The second kappa shape index (κ2) is 5.47. The monoisotopic (exact) mass is 186 g/mol. The normalized spacial score (nSPS) is 8.00. The fraction of sp³-hybridized carbons (Fsp3) is 0. The summed E-state index contributed by atoms with van der Waals surface area (Å²) >= 11 is 0. The molecule has 0 radical (unpaired) electrons. The molecule has 7 heteroatoms. The number of carboxylic acids is 1. The number of carbonyl (C=O) groups is 2. The predicted molar refractivity (Wildman–Crippen MR) is 41.4 cm³/mol. The third-order valence-corrected chi connectivity index (χ3v) is 0.787. The van der Waals surface area contributed by atoms with Gasteiger partial charge in [0.1, 0.15) is 0 Å². The Labute approximate surface area is 71.0 Å². The molecule has 0 unspecified atom stereocenters. The van der Waals surface area contributed by atoms with Crippen molar-refractivity contribution in [3.8, 4) is 0 Å². The van der Waals surface area contributed by atoms with Crippen molar-refractivity contribution >= 4 is 12.3 Å². The van der Waals surface area contributed by atoms with E-state index in [1.54, 1.807) is 0 Å². The summed E-state index contributed by atoms with van der Waals surface area (Å²) in [5, 5.41) is 7.35. The third-order valence-electron chi connectivity index (χ3n) is 0.787. The maximum Gasteiger partial charge on any atom is 0.368 e. The number of aldehydes is 1. The van der Waals surface area contributed by atoms with Crippen LogP contribution in [0, 0.1) is 0 Å². The fourth-order valence-corrected chi connectivity index (χ4v) is 0.383. The van der Waals surface area contributed by atoms with Gasteiger partial charge in [0.15, 0.2) is 0 Å². The lowest BCUT2D eigenvalue weighted by atomic mass is 10.7. The molecule has 0 saturated carbocycles. The molecule has 1 aromatic rings. The summed E-state index contributed by atoms with van der Waals surface area (Å²) < 4.78 is 0. The summed E-state index contributed by atoms with van der Waals surface area (Å²) in [6.45, 7) is 0. The summed E-state index contributed by atoms with van der Waals surface area (Å²) in [5.41, 5.74) is -0.855. The molecular weight excluding hydrogens is 180 g/mol. The molecule has 0 bridgehead atoms. The maximum atomic E-state index is 10.2. The van der Waals surface area contributed by atoms with Crippen molar-refractivity contribution < 1.29 is 14.7 Å². The molecule has 3 N–H and O–H groups in total. The number of aromatic amines is 2. The number of H-pyrrole nitrogens is 2. The summed E-state index contributed by atoms with van der Waals surface area (Å²) in [5.74, 6) is -1.43. The van der Waals surface area contributed by atoms with Crippen LogP contribution in [0.15, 0.2) is 21.9 Å². The molecule has 1 aromatic heterocycles. The maximum absolute atomic E-state index is 10.2. The number of nitrogens with one attached hydrogen (secondary N) is 2. The van der Waals surface area contributed by atoms with Crippen molar-refractivity contribution in [2.75, 3.05) is 0 Å². The topological polar surface area (TPSA) is 120 Å². The molecule has 0 spiro atoms. The molecule has 0 aromatic carbocycles. The van der Waals surface area contributed by atoms with Gasteiger partial charge in [-0.3, -0.25) is 14.6 Å². The first-order valence-electron chi connectivity index (χ1n) is 3.02. The Bertz CT molecular complexity index is 365. The van der Waals surface area contributed by atoms with E-state index in [2.05, 4.69) is 4.98 Å². The van der Waals surface area contributed by atoms with Crippen molar-refractivity contribution in [3.63, 3.8) is 0 Å². The molecule has 0 amide bonds. The average molecular weight is 186 g/mol. The van der Waals surface area contributed by atoms with Crippen molar-refractivity contribution in [2.24, 2.45) is 0 Å². The van der Waals surface area contributed by atoms with Crippen molar-refractivity contribution in [3.05, 3.63) is 33.1 Å². The Balaban J connectivity index is 0.000000252. The van der Waals surface area contributed by atoms with Crippen molar-refractivity contribution in [1.29, 1.82) is 0 Å². The molecule has 0 aliphatic heterocycles. The van der Waals surface area contributed by atoms with Crippen molar-refractivity contribution in [1.82, 2.24) is 9.97 Å². The molecule has 0 aliphatic rings. The van der Waals surface area contributed by atoms with E-state index in [1.165, 1.54) is 12.3 Å². The van der Waals surface area contributed by atoms with E-state index in [4.69, 9.17) is 14.7 Å². The van der Waals surface area contributed by atoms with Crippen LogP contribution in [0.5, 0.6) is 0 Å². The molecule has 0 aliphatic carbocycles. The smallest absolute Gasteiger partial charge is 0.368 e. The molecule has 1 rings (SSSR count). The Morgan fingerprint density at radius 1 is 1.46 bits per heavy atom. The molecule has 7 nitrogen and oxygen atoms in total. The lowest BCUT2D eigenvalue weighted by Crippen LogP contribution is -2.19. The van der Waals surface area contributed by atoms with Gasteiger partial charge in [-0.1, -0.05) is 0 Å². The van der Waals surface area contributed by atoms with E-state index in [9.17, 15) is 9.59 Å². The minimum Gasteiger partial charge on any atom is -0.476 e. The summed E-state index contributed by atoms with van der Waals surface area (Å²) in [6.07, 6.45) is 1.13. The van der Waals surface area contributed by atoms with E-state index < -0.39 is 11.7 Å². The van der Waals surface area contributed by atoms with Crippen LogP contribution < -0.4 is 11.2 Å². The summed E-state index contributed by atoms with van der Waals surface area (Å²) in [4.78, 5) is 42.6. The van der Waals surface area contributed by atoms with Crippen molar-refractivity contribution in [2.45, 2.75) is 0 Å². The van der Waals surface area contributed by atoms with Crippen LogP contribution in [0.3, 0.4) is 0 Å². The van der Waals surface area contributed by atoms with Crippen LogP contribution in [0.2, 0.25) is 0 Å². The zero-order valence-corrected chi connectivity index (χ0v) is 6.31. The zero-order valence-electron chi connectivity index (χ0n) is 6.31. The van der Waals surface area contributed by atoms with E-state index >= 15 is 0 Å². The summed E-state index contributed by atoms with van der Waals surface area (Å²) in [6, 6.07) is 1.24. The number of aromatic nitrogens is 2. The van der Waals surface area contributed by atoms with Gasteiger partial charge in [0.2, 0.25) is 6.29 Å². The minimum atomic E-state index is -1.43. The molecule has 13 heavy (non-hydrogen) atoms. The number of hydrogen-bond donors (Lipinski definition) is 3. The Hall–Kier alpha value is -2.18. The van der Waals surface area contributed by atoms with Crippen LogP contribution in [-0.2, 0) is 9.59 Å². The van der Waals surface area contributed by atoms with E-state index in [0.29, 0.717) is 0 Å². The first kappa shape index (κ1) is 10.8. The second-order valence-corrected chi connectivity index (χ2v) is 1.75. The first-order valence-corrected chi connectivity index (χ1v) is 3.02. The highest BCUT2D eigenvalue weighted by Gasteiger charge is 1.80. The number of aliphatic carboxylic acids is 1. The fourth-order valence-electron chi connectivity index (χ4n) is 0.383. The zero-order chi connectivity index (χ0) is 10.3. The van der Waals surface area contributed by atoms with Crippen LogP contribution in [0.25, 0.3) is 0 Å². The summed E-state index contributed by atoms with van der Waals surface area (Å²) in [7, 11) is 0. The molecular formula is C6H6N2O5. The van der Waals surface area contributed by atoms with Gasteiger partial charge in [0.05, 0.1) is 0 Å². The standard InChI is InChI=1S/C4H4N2O2.C2H2O3/c7-3-1-2-5-4(8)6-3;3-1-2(4)5/h1-2H,(H2,5,6,7,8);1H,(H,4,5). The molecule has 0 fully saturated rings. The molecule has 0 saturated heterocycles. The van der Waals surface area contributed by atoms with Gasteiger partial charge in [0, 0.05) is 12.3 Å². The van der Waals surface area contributed by atoms with Crippen LogP contribution in [-0.4, -0.2) is 27.3 Å². The van der Waals surface area contributed by atoms with Gasteiger partial charge in [-0.25, -0.2) is 9.59 Å². The first-order chi connectivity index (χ1) is 6.06. The SMILES string of the molecule is O=CC(=O)O.O=c1cc[nH]c(=O)[nH]1. The molecule has 70 valence electrons. The van der Waals surface area contributed by atoms with Crippen LogP contribution in [0.1, 0.15) is 0 Å². The number of rotatable bonds is 1. The number of carboxylic acid groups (broad SMARTS) is 1. The average Bonchev–Trinajstić information content (AvgIpc) is 2.05. The highest BCUT2D eigenvalue weighted by molar-refractivity contribution is 6.19. The Morgan fingerprint density at radius 3 is 2.23 bits per heavy atom. The van der Waals surface area contributed by atoms with E-state index in [-0.39, 0.29) is 11.8 Å². The largest absolute Gasteiger partial charge is 0.476 e. The minimum absolute atomic E-state index is 0.167. The highest BCUT2D eigenvalue weighted by Crippen LogP contribution is 1.51. The number of carbonyl (C=O) groups excluding carboxylic acids is 1. The third kappa shape index (κ3) is 6.23. The van der Waals surface area contributed by atoms with E-state index in [0.717, 1.165) is 0 Å². The molecule has 0 atom stereocenters. The van der Waals surface area contributed by atoms with Crippen LogP contribution >= 0.6 is 0 Å². The van der Waals surface area contributed by atoms with Gasteiger partial charge in [0.25, 0.3) is 5.56 Å². The number of hydrogen-bond acceptors (Lipinski definition) is 4. The Kier molecular flexibility index (Phi) is 4.55. The lowest BCUT2D eigenvalue weighted by Gasteiger charge is -1.75. The van der Waals surface area contributed by atoms with Gasteiger partial charge >= 0.3 is 11.7 Å². The Morgan fingerprint density at radius 2 is 2.00 bits per heavy atom. The van der Waals surface area contributed by atoms with Gasteiger partial charge in [-0.2, -0.15) is 0 Å². The lowest BCUT2D eigenvalue weighted by molar-refractivity contribution is -0.143. The predicted octanol–water partition coefficient (Wildman–Crippen LogP) is -1.67. The van der Waals surface area contributed by atoms with E-state index in [1.807, 2.05) is 4.98 Å². The second-order valence-electron chi connectivity index (χ2n) is 1.75. The van der Waals surface area contributed by atoms with Gasteiger partial charge < -0.3 is 10.1 Å². The highest BCUT2D eigenvalue weighted by atomic mass is 16.4. The quantitative estimate of drug-likeness (QED) is 0.358.